The van der Waals surface area contributed by atoms with E-state index in [9.17, 15) is 13.2 Å². The summed E-state index contributed by atoms with van der Waals surface area (Å²) in [6, 6.07) is 12.0. The molecular formula is C22H28N2O4S. The number of nitrogens with zero attached hydrogens (tertiary/aromatic N) is 1. The fraction of sp³-hybridized carbons (Fsp3) is 0.409. The number of hydrogen-bond acceptors (Lipinski definition) is 4. The largest absolute Gasteiger partial charge is 0.492 e. The van der Waals surface area contributed by atoms with Crippen LogP contribution in [0.15, 0.2) is 47.4 Å². The summed E-state index contributed by atoms with van der Waals surface area (Å²) in [5.41, 5.74) is 2.01. The van der Waals surface area contributed by atoms with Gasteiger partial charge >= 0.3 is 0 Å². The molecule has 2 aromatic carbocycles. The minimum Gasteiger partial charge on any atom is -0.492 e. The van der Waals surface area contributed by atoms with Gasteiger partial charge in [0.05, 0.1) is 17.2 Å². The van der Waals surface area contributed by atoms with Gasteiger partial charge < -0.3 is 10.1 Å². The predicted octanol–water partition coefficient (Wildman–Crippen LogP) is 4.07. The first kappa shape index (κ1) is 21.3. The molecule has 0 atom stereocenters. The Morgan fingerprint density at radius 1 is 1.03 bits per heavy atom. The number of amides is 1. The van der Waals surface area contributed by atoms with Crippen LogP contribution in [0, 0.1) is 0 Å². The number of sulfonamides is 1. The van der Waals surface area contributed by atoms with Crippen LogP contribution in [0.3, 0.4) is 0 Å². The van der Waals surface area contributed by atoms with Crippen molar-refractivity contribution in [1.29, 1.82) is 0 Å². The van der Waals surface area contributed by atoms with E-state index in [-0.39, 0.29) is 10.8 Å². The molecule has 1 saturated heterocycles. The van der Waals surface area contributed by atoms with Gasteiger partial charge in [-0.1, -0.05) is 25.5 Å². The Hall–Kier alpha value is -2.38. The van der Waals surface area contributed by atoms with Crippen molar-refractivity contribution in [3.63, 3.8) is 0 Å². The molecule has 0 radical (unpaired) electrons. The number of carbonyl (C=O) groups is 1. The molecule has 0 unspecified atom stereocenters. The van der Waals surface area contributed by atoms with E-state index in [1.165, 1.54) is 10.4 Å². The maximum Gasteiger partial charge on any atom is 0.255 e. The first-order chi connectivity index (χ1) is 14.0. The zero-order chi connectivity index (χ0) is 20.9. The van der Waals surface area contributed by atoms with Crippen LogP contribution in [0.25, 0.3) is 0 Å². The summed E-state index contributed by atoms with van der Waals surface area (Å²) in [4.78, 5) is 12.9. The van der Waals surface area contributed by atoms with Crippen molar-refractivity contribution in [1.82, 2.24) is 4.31 Å². The first-order valence-corrected chi connectivity index (χ1v) is 11.6. The zero-order valence-corrected chi connectivity index (χ0v) is 17.8. The van der Waals surface area contributed by atoms with E-state index in [0.717, 1.165) is 31.2 Å². The number of nitrogens with one attached hydrogen (secondary N) is 1. The second-order valence-electron chi connectivity index (χ2n) is 7.06. The Kier molecular flexibility index (Phi) is 6.92. The van der Waals surface area contributed by atoms with Gasteiger partial charge in [0, 0.05) is 18.7 Å². The molecule has 0 aromatic heterocycles. The van der Waals surface area contributed by atoms with Gasteiger partial charge in [0.15, 0.2) is 0 Å². The van der Waals surface area contributed by atoms with Crippen LogP contribution in [0.1, 0.15) is 49.0 Å². The average Bonchev–Trinajstić information content (AvgIpc) is 2.75. The monoisotopic (exact) mass is 416 g/mol. The number of aryl methyl sites for hydroxylation is 1. The van der Waals surface area contributed by atoms with Gasteiger partial charge in [-0.25, -0.2) is 8.42 Å². The van der Waals surface area contributed by atoms with Crippen LogP contribution < -0.4 is 10.1 Å². The summed E-state index contributed by atoms with van der Waals surface area (Å²) in [6.45, 7) is 5.36. The number of ether oxygens (including phenoxy) is 1. The van der Waals surface area contributed by atoms with Crippen molar-refractivity contribution < 1.29 is 17.9 Å². The third-order valence-electron chi connectivity index (χ3n) is 5.08. The Morgan fingerprint density at radius 2 is 1.72 bits per heavy atom. The molecule has 3 rings (SSSR count). The summed E-state index contributed by atoms with van der Waals surface area (Å²) in [6.07, 6.45) is 3.68. The molecule has 29 heavy (non-hydrogen) atoms. The van der Waals surface area contributed by atoms with Crippen LogP contribution in [-0.2, 0) is 16.4 Å². The molecule has 1 amide bonds. The molecule has 6 nitrogen and oxygen atoms in total. The number of hydrogen-bond donors (Lipinski definition) is 1. The summed E-state index contributed by atoms with van der Waals surface area (Å²) in [5.74, 6) is 0.143. The van der Waals surface area contributed by atoms with Crippen molar-refractivity contribution in [3.05, 3.63) is 53.6 Å². The maximum absolute atomic E-state index is 13.0. The molecule has 1 N–H and O–H groups in total. The molecule has 0 aliphatic carbocycles. The van der Waals surface area contributed by atoms with Crippen molar-refractivity contribution >= 4 is 21.6 Å². The van der Waals surface area contributed by atoms with E-state index < -0.39 is 10.0 Å². The SMILES string of the molecule is CCOc1ccc(S(=O)(=O)N2CCCCC2)cc1NC(=O)c1ccc(CC)cc1. The highest BCUT2D eigenvalue weighted by atomic mass is 32.2. The molecule has 0 bridgehead atoms. The molecule has 1 aliphatic rings. The van der Waals surface area contributed by atoms with E-state index in [1.54, 1.807) is 24.3 Å². The molecule has 1 fully saturated rings. The molecule has 0 saturated carbocycles. The van der Waals surface area contributed by atoms with Crippen molar-refractivity contribution in [2.75, 3.05) is 25.0 Å². The van der Waals surface area contributed by atoms with Gasteiger partial charge in [-0.2, -0.15) is 4.31 Å². The highest BCUT2D eigenvalue weighted by molar-refractivity contribution is 7.89. The molecular weight excluding hydrogens is 388 g/mol. The predicted molar refractivity (Wildman–Crippen MR) is 114 cm³/mol. The minimum absolute atomic E-state index is 0.166. The summed E-state index contributed by atoms with van der Waals surface area (Å²) in [5, 5.41) is 2.82. The highest BCUT2D eigenvalue weighted by Gasteiger charge is 2.27. The zero-order valence-electron chi connectivity index (χ0n) is 17.0. The molecule has 2 aromatic rings. The van der Waals surface area contributed by atoms with Crippen molar-refractivity contribution in [2.24, 2.45) is 0 Å². The number of anilines is 1. The van der Waals surface area contributed by atoms with Crippen LogP contribution in [0.5, 0.6) is 5.75 Å². The fourth-order valence-electron chi connectivity index (χ4n) is 3.39. The van der Waals surface area contributed by atoms with Gasteiger partial charge in [0.1, 0.15) is 5.75 Å². The normalized spacial score (nSPS) is 15.1. The fourth-order valence-corrected chi connectivity index (χ4v) is 4.93. The second kappa shape index (κ2) is 9.41. The van der Waals surface area contributed by atoms with E-state index in [2.05, 4.69) is 12.2 Å². The topological polar surface area (TPSA) is 75.7 Å². The van der Waals surface area contributed by atoms with Gasteiger partial charge in [0.2, 0.25) is 10.0 Å². The van der Waals surface area contributed by atoms with E-state index in [1.807, 2.05) is 19.1 Å². The lowest BCUT2D eigenvalue weighted by Gasteiger charge is -2.26. The summed E-state index contributed by atoms with van der Waals surface area (Å²) < 4.78 is 33.1. The van der Waals surface area contributed by atoms with Gasteiger partial charge in [0.25, 0.3) is 5.91 Å². The van der Waals surface area contributed by atoms with E-state index in [4.69, 9.17) is 4.74 Å². The van der Waals surface area contributed by atoms with Gasteiger partial charge in [-0.05, 0) is 62.1 Å². The lowest BCUT2D eigenvalue weighted by Crippen LogP contribution is -2.35. The lowest BCUT2D eigenvalue weighted by atomic mass is 10.1. The maximum atomic E-state index is 13.0. The number of benzene rings is 2. The smallest absolute Gasteiger partial charge is 0.255 e. The molecule has 1 aliphatic heterocycles. The third kappa shape index (κ3) is 4.97. The average molecular weight is 417 g/mol. The van der Waals surface area contributed by atoms with Gasteiger partial charge in [-0.3, -0.25) is 4.79 Å². The van der Waals surface area contributed by atoms with Crippen molar-refractivity contribution in [3.8, 4) is 5.75 Å². The van der Waals surface area contributed by atoms with E-state index >= 15 is 0 Å². The molecule has 7 heteroatoms. The summed E-state index contributed by atoms with van der Waals surface area (Å²) >= 11 is 0. The highest BCUT2D eigenvalue weighted by Crippen LogP contribution is 2.30. The first-order valence-electron chi connectivity index (χ1n) is 10.1. The third-order valence-corrected chi connectivity index (χ3v) is 6.97. The van der Waals surface area contributed by atoms with Crippen molar-refractivity contribution in [2.45, 2.75) is 44.4 Å². The van der Waals surface area contributed by atoms with Crippen LogP contribution >= 0.6 is 0 Å². The Bertz CT molecular complexity index is 949. The standard InChI is InChI=1S/C22H28N2O4S/c1-3-17-8-10-18(11-9-17)22(25)23-20-16-19(12-13-21(20)28-4-2)29(26,27)24-14-6-5-7-15-24/h8-13,16H,3-7,14-15H2,1-2H3,(H,23,25). The Balaban J connectivity index is 1.89. The molecule has 1 heterocycles. The second-order valence-corrected chi connectivity index (χ2v) is 9.00. The quantitative estimate of drug-likeness (QED) is 0.738. The molecule has 0 spiro atoms. The Labute approximate surface area is 172 Å². The van der Waals surface area contributed by atoms with Crippen LogP contribution in [-0.4, -0.2) is 38.3 Å². The van der Waals surface area contributed by atoms with Gasteiger partial charge in [-0.15, -0.1) is 0 Å². The molecule has 156 valence electrons. The summed E-state index contributed by atoms with van der Waals surface area (Å²) in [7, 11) is -3.60. The number of carbonyl (C=O) groups excluding carboxylic acids is 1. The van der Waals surface area contributed by atoms with Crippen LogP contribution in [0.4, 0.5) is 5.69 Å². The minimum atomic E-state index is -3.60. The van der Waals surface area contributed by atoms with Crippen LogP contribution in [0.2, 0.25) is 0 Å². The lowest BCUT2D eigenvalue weighted by molar-refractivity contribution is 0.102. The van der Waals surface area contributed by atoms with E-state index in [0.29, 0.717) is 36.7 Å². The number of piperidine rings is 1. The Morgan fingerprint density at radius 3 is 2.34 bits per heavy atom. The number of rotatable bonds is 7.